The molecule has 1 atom stereocenters. The van der Waals surface area contributed by atoms with Gasteiger partial charge in [-0.15, -0.1) is 0 Å². The predicted molar refractivity (Wildman–Crippen MR) is 115 cm³/mol. The van der Waals surface area contributed by atoms with Crippen LogP contribution in [0.15, 0.2) is 47.3 Å². The molecule has 0 aliphatic heterocycles. The van der Waals surface area contributed by atoms with Crippen molar-refractivity contribution in [3.8, 4) is 5.75 Å². The molecule has 1 aromatic heterocycles. The van der Waals surface area contributed by atoms with Crippen LogP contribution >= 0.6 is 11.6 Å². The Morgan fingerprint density at radius 1 is 1.28 bits per heavy atom. The summed E-state index contributed by atoms with van der Waals surface area (Å²) in [5.74, 6) is 1.01. The predicted octanol–water partition coefficient (Wildman–Crippen LogP) is 4.21. The second kappa shape index (κ2) is 8.66. The first kappa shape index (κ1) is 20.9. The number of halogens is 1. The fourth-order valence-corrected chi connectivity index (χ4v) is 3.58. The summed E-state index contributed by atoms with van der Waals surface area (Å²) in [6.07, 6.45) is 0.775. The zero-order chi connectivity index (χ0) is 21.1. The minimum absolute atomic E-state index is 0.135. The summed E-state index contributed by atoms with van der Waals surface area (Å²) < 4.78 is 6.73. The topological polar surface area (TPSA) is 64.4 Å². The van der Waals surface area contributed by atoms with Gasteiger partial charge in [0.2, 0.25) is 0 Å². The van der Waals surface area contributed by atoms with Crippen molar-refractivity contribution in [2.45, 2.75) is 26.3 Å². The van der Waals surface area contributed by atoms with E-state index in [1.807, 2.05) is 13.8 Å². The standard InChI is InChI=1S/C22H24ClN3O3/c1-5-11-26(21(27)15-7-6-8-17(12-15)29-4)14(2)20-24-19-10-9-16(23)13-18(19)22(28)25(20)3/h6-10,12-14H,5,11H2,1-4H3. The molecule has 0 N–H and O–H groups in total. The molecule has 0 spiro atoms. The van der Waals surface area contributed by atoms with E-state index in [4.69, 9.17) is 16.3 Å². The number of carbonyl (C=O) groups is 1. The molecule has 0 saturated heterocycles. The largest absolute Gasteiger partial charge is 0.497 e. The van der Waals surface area contributed by atoms with Gasteiger partial charge in [0.1, 0.15) is 11.6 Å². The number of ether oxygens (including phenoxy) is 1. The molecule has 0 saturated carbocycles. The van der Waals surface area contributed by atoms with E-state index in [2.05, 4.69) is 4.98 Å². The zero-order valence-electron chi connectivity index (χ0n) is 17.0. The number of amides is 1. The smallest absolute Gasteiger partial charge is 0.261 e. The Balaban J connectivity index is 2.06. The third-order valence-corrected chi connectivity index (χ3v) is 5.19. The molecule has 2 aromatic carbocycles. The van der Waals surface area contributed by atoms with Crippen LogP contribution in [0.25, 0.3) is 10.9 Å². The molecular formula is C22H24ClN3O3. The van der Waals surface area contributed by atoms with Gasteiger partial charge in [-0.2, -0.15) is 0 Å². The van der Waals surface area contributed by atoms with Gasteiger partial charge >= 0.3 is 0 Å². The van der Waals surface area contributed by atoms with Crippen molar-refractivity contribution in [3.05, 3.63) is 69.2 Å². The SMILES string of the molecule is CCCN(C(=O)c1cccc(OC)c1)C(C)c1nc2ccc(Cl)cc2c(=O)n1C. The van der Waals surface area contributed by atoms with Crippen LogP contribution in [-0.2, 0) is 7.05 Å². The minimum Gasteiger partial charge on any atom is -0.497 e. The second-order valence-corrected chi connectivity index (χ2v) is 7.34. The normalized spacial score (nSPS) is 12.0. The van der Waals surface area contributed by atoms with E-state index in [1.54, 1.807) is 61.5 Å². The van der Waals surface area contributed by atoms with E-state index in [-0.39, 0.29) is 11.5 Å². The van der Waals surface area contributed by atoms with E-state index in [9.17, 15) is 9.59 Å². The molecule has 0 bridgehead atoms. The summed E-state index contributed by atoms with van der Waals surface area (Å²) in [7, 11) is 3.23. The van der Waals surface area contributed by atoms with Crippen LogP contribution in [0.4, 0.5) is 0 Å². The van der Waals surface area contributed by atoms with Crippen LogP contribution in [0.5, 0.6) is 5.75 Å². The maximum atomic E-state index is 13.3. The van der Waals surface area contributed by atoms with Gasteiger partial charge in [-0.1, -0.05) is 24.6 Å². The number of hydrogen-bond donors (Lipinski definition) is 0. The van der Waals surface area contributed by atoms with Crippen molar-refractivity contribution in [2.24, 2.45) is 7.05 Å². The summed E-state index contributed by atoms with van der Waals surface area (Å²) >= 11 is 6.03. The first-order valence-electron chi connectivity index (χ1n) is 9.48. The molecule has 1 unspecified atom stereocenters. The number of carbonyl (C=O) groups excluding carboxylic acids is 1. The highest BCUT2D eigenvalue weighted by molar-refractivity contribution is 6.31. The highest BCUT2D eigenvalue weighted by atomic mass is 35.5. The quantitative estimate of drug-likeness (QED) is 0.607. The number of fused-ring (bicyclic) bond motifs is 1. The van der Waals surface area contributed by atoms with Crippen molar-refractivity contribution in [1.82, 2.24) is 14.5 Å². The van der Waals surface area contributed by atoms with Gasteiger partial charge < -0.3 is 9.64 Å². The molecule has 0 aliphatic rings. The van der Waals surface area contributed by atoms with E-state index >= 15 is 0 Å². The Morgan fingerprint density at radius 3 is 2.72 bits per heavy atom. The number of nitrogens with zero attached hydrogens (tertiary/aromatic N) is 3. The molecule has 152 valence electrons. The maximum absolute atomic E-state index is 13.3. The van der Waals surface area contributed by atoms with Gasteiger partial charge in [-0.25, -0.2) is 4.98 Å². The van der Waals surface area contributed by atoms with Crippen LogP contribution in [0.1, 0.15) is 42.5 Å². The van der Waals surface area contributed by atoms with Crippen LogP contribution in [0.2, 0.25) is 5.02 Å². The van der Waals surface area contributed by atoms with Gasteiger partial charge in [0, 0.05) is 24.2 Å². The molecule has 29 heavy (non-hydrogen) atoms. The fourth-order valence-electron chi connectivity index (χ4n) is 3.41. The second-order valence-electron chi connectivity index (χ2n) is 6.90. The summed E-state index contributed by atoms with van der Waals surface area (Å²) in [5, 5.41) is 0.940. The molecule has 0 aliphatic carbocycles. The molecule has 6 nitrogen and oxygen atoms in total. The third-order valence-electron chi connectivity index (χ3n) is 4.96. The molecule has 0 fully saturated rings. The van der Waals surface area contributed by atoms with Crippen molar-refractivity contribution in [3.63, 3.8) is 0 Å². The lowest BCUT2D eigenvalue weighted by Gasteiger charge is -2.30. The van der Waals surface area contributed by atoms with E-state index in [1.165, 1.54) is 4.57 Å². The van der Waals surface area contributed by atoms with Crippen molar-refractivity contribution in [2.75, 3.05) is 13.7 Å². The summed E-state index contributed by atoms with van der Waals surface area (Å²) in [6.45, 7) is 4.43. The van der Waals surface area contributed by atoms with Crippen molar-refractivity contribution in [1.29, 1.82) is 0 Å². The van der Waals surface area contributed by atoms with Gasteiger partial charge in [0.15, 0.2) is 0 Å². The molecule has 3 rings (SSSR count). The fraction of sp³-hybridized carbons (Fsp3) is 0.318. The molecule has 0 radical (unpaired) electrons. The summed E-state index contributed by atoms with van der Waals surface area (Å²) in [6, 6.07) is 11.7. The number of rotatable bonds is 6. The van der Waals surface area contributed by atoms with Crippen LogP contribution in [-0.4, -0.2) is 34.0 Å². The minimum atomic E-state index is -0.397. The Morgan fingerprint density at radius 2 is 2.03 bits per heavy atom. The highest BCUT2D eigenvalue weighted by Crippen LogP contribution is 2.24. The molecule has 3 aromatic rings. The summed E-state index contributed by atoms with van der Waals surface area (Å²) in [4.78, 5) is 32.5. The van der Waals surface area contributed by atoms with Crippen molar-refractivity contribution >= 4 is 28.4 Å². The lowest BCUT2D eigenvalue weighted by Crippen LogP contribution is -2.37. The molecule has 7 heteroatoms. The average Bonchev–Trinajstić information content (AvgIpc) is 2.74. The monoisotopic (exact) mass is 413 g/mol. The first-order chi connectivity index (χ1) is 13.9. The third kappa shape index (κ3) is 4.12. The van der Waals surface area contributed by atoms with Crippen LogP contribution < -0.4 is 10.3 Å². The number of hydrogen-bond acceptors (Lipinski definition) is 4. The van der Waals surface area contributed by atoms with Gasteiger partial charge in [0.05, 0.1) is 24.1 Å². The Kier molecular flexibility index (Phi) is 6.23. The van der Waals surface area contributed by atoms with E-state index < -0.39 is 6.04 Å². The number of aromatic nitrogens is 2. The lowest BCUT2D eigenvalue weighted by molar-refractivity contribution is 0.0679. The lowest BCUT2D eigenvalue weighted by atomic mass is 10.1. The number of benzene rings is 2. The van der Waals surface area contributed by atoms with Crippen molar-refractivity contribution < 1.29 is 9.53 Å². The van der Waals surface area contributed by atoms with E-state index in [0.29, 0.717) is 39.6 Å². The Bertz CT molecular complexity index is 1110. The molecular weight excluding hydrogens is 390 g/mol. The van der Waals surface area contributed by atoms with Gasteiger partial charge in [-0.3, -0.25) is 14.2 Å². The maximum Gasteiger partial charge on any atom is 0.261 e. The van der Waals surface area contributed by atoms with Gasteiger partial charge in [-0.05, 0) is 49.7 Å². The molecule has 1 heterocycles. The zero-order valence-corrected chi connectivity index (χ0v) is 17.7. The Hall–Kier alpha value is -2.86. The highest BCUT2D eigenvalue weighted by Gasteiger charge is 2.26. The Labute approximate surface area is 174 Å². The van der Waals surface area contributed by atoms with Gasteiger partial charge in [0.25, 0.3) is 11.5 Å². The number of methoxy groups -OCH3 is 1. The first-order valence-corrected chi connectivity index (χ1v) is 9.86. The summed E-state index contributed by atoms with van der Waals surface area (Å²) in [5.41, 5.74) is 0.900. The van der Waals surface area contributed by atoms with Crippen LogP contribution in [0, 0.1) is 0 Å². The van der Waals surface area contributed by atoms with E-state index in [0.717, 1.165) is 6.42 Å². The molecule has 1 amide bonds. The van der Waals surface area contributed by atoms with Crippen LogP contribution in [0.3, 0.4) is 0 Å². The average molecular weight is 414 g/mol.